The van der Waals surface area contributed by atoms with Crippen LogP contribution in [-0.4, -0.2) is 12.5 Å². The van der Waals surface area contributed by atoms with Gasteiger partial charge in [0.15, 0.2) is 0 Å². The Hall–Kier alpha value is -1.65. The van der Waals surface area contributed by atoms with Gasteiger partial charge in [-0.05, 0) is 45.6 Å². The van der Waals surface area contributed by atoms with E-state index in [4.69, 9.17) is 0 Å². The van der Waals surface area contributed by atoms with Gasteiger partial charge in [-0.25, -0.2) is 0 Å². The Morgan fingerprint density at radius 1 is 1.05 bits per heavy atom. The van der Waals surface area contributed by atoms with E-state index < -0.39 is 0 Å². The molecule has 0 unspecified atom stereocenters. The zero-order valence-corrected chi connectivity index (χ0v) is 13.6. The fourth-order valence-electron chi connectivity index (χ4n) is 1.97. The first kappa shape index (κ1) is 15.7. The monoisotopic (exact) mass is 346 g/mol. The molecule has 3 nitrogen and oxygen atoms in total. The summed E-state index contributed by atoms with van der Waals surface area (Å²) in [6.07, 6.45) is 1.04. The lowest BCUT2D eigenvalue weighted by Gasteiger charge is -2.08. The van der Waals surface area contributed by atoms with Crippen LogP contribution in [0.5, 0.6) is 0 Å². The Labute approximate surface area is 133 Å². The number of hydrogen-bond acceptors (Lipinski definition) is 2. The molecule has 2 aromatic carbocycles. The quantitative estimate of drug-likeness (QED) is 0.836. The predicted octanol–water partition coefficient (Wildman–Crippen LogP) is 3.74. The molecule has 0 saturated heterocycles. The Morgan fingerprint density at radius 2 is 1.71 bits per heavy atom. The van der Waals surface area contributed by atoms with Crippen molar-refractivity contribution in [1.29, 1.82) is 0 Å². The lowest BCUT2D eigenvalue weighted by Crippen LogP contribution is -2.27. The number of rotatable bonds is 6. The van der Waals surface area contributed by atoms with Gasteiger partial charge in [-0.3, -0.25) is 4.79 Å². The van der Waals surface area contributed by atoms with Crippen LogP contribution in [-0.2, 0) is 17.8 Å². The number of halogens is 1. The summed E-state index contributed by atoms with van der Waals surface area (Å²) in [4.78, 5) is 11.9. The van der Waals surface area contributed by atoms with Crippen molar-refractivity contribution in [3.8, 4) is 0 Å². The Balaban J connectivity index is 1.77. The lowest BCUT2D eigenvalue weighted by molar-refractivity contribution is -0.115. The molecule has 0 aliphatic carbocycles. The average Bonchev–Trinajstić information content (AvgIpc) is 2.50. The molecule has 1 amide bonds. The first-order chi connectivity index (χ1) is 10.2. The number of nitrogens with one attached hydrogen (secondary N) is 2. The molecule has 0 aliphatic heterocycles. The van der Waals surface area contributed by atoms with Gasteiger partial charge in [0, 0.05) is 11.0 Å². The van der Waals surface area contributed by atoms with Crippen LogP contribution in [0.1, 0.15) is 18.1 Å². The number of carbonyl (C=O) groups is 1. The van der Waals surface area contributed by atoms with Gasteiger partial charge in [0.2, 0.25) is 5.91 Å². The van der Waals surface area contributed by atoms with Crippen LogP contribution in [0.25, 0.3) is 0 Å². The van der Waals surface area contributed by atoms with E-state index in [-0.39, 0.29) is 12.5 Å². The van der Waals surface area contributed by atoms with Gasteiger partial charge < -0.3 is 10.6 Å². The highest BCUT2D eigenvalue weighted by Gasteiger charge is 2.04. The standard InChI is InChI=1S/C17H19BrN2O/c1-2-13-7-9-14(10-8-13)11-19-12-17(21)20-16-6-4-3-5-15(16)18/h3-10,19H,2,11-12H2,1H3,(H,20,21). The molecular weight excluding hydrogens is 328 g/mol. The van der Waals surface area contributed by atoms with Crippen LogP contribution in [0.4, 0.5) is 5.69 Å². The summed E-state index contributed by atoms with van der Waals surface area (Å²) < 4.78 is 0.883. The first-order valence-electron chi connectivity index (χ1n) is 7.02. The summed E-state index contributed by atoms with van der Waals surface area (Å²) in [7, 11) is 0. The molecule has 0 saturated carbocycles. The largest absolute Gasteiger partial charge is 0.324 e. The van der Waals surface area contributed by atoms with Crippen LogP contribution >= 0.6 is 15.9 Å². The number of para-hydroxylation sites is 1. The average molecular weight is 347 g/mol. The summed E-state index contributed by atoms with van der Waals surface area (Å²) in [6.45, 7) is 3.11. The van der Waals surface area contributed by atoms with E-state index in [9.17, 15) is 4.79 Å². The van der Waals surface area contributed by atoms with E-state index in [0.29, 0.717) is 6.54 Å². The number of amides is 1. The van der Waals surface area contributed by atoms with Gasteiger partial charge in [0.1, 0.15) is 0 Å². The highest BCUT2D eigenvalue weighted by molar-refractivity contribution is 9.10. The van der Waals surface area contributed by atoms with Crippen molar-refractivity contribution in [1.82, 2.24) is 5.32 Å². The molecular formula is C17H19BrN2O. The molecule has 2 rings (SSSR count). The molecule has 0 heterocycles. The molecule has 0 aromatic heterocycles. The minimum Gasteiger partial charge on any atom is -0.324 e. The second-order valence-corrected chi connectivity index (χ2v) is 5.66. The maximum absolute atomic E-state index is 11.9. The first-order valence-corrected chi connectivity index (χ1v) is 7.81. The van der Waals surface area contributed by atoms with E-state index in [1.165, 1.54) is 11.1 Å². The minimum absolute atomic E-state index is 0.0490. The fourth-order valence-corrected chi connectivity index (χ4v) is 2.35. The van der Waals surface area contributed by atoms with Gasteiger partial charge in [-0.15, -0.1) is 0 Å². The third-order valence-electron chi connectivity index (χ3n) is 3.19. The Kier molecular flexibility index (Phi) is 5.96. The molecule has 110 valence electrons. The number of carbonyl (C=O) groups excluding carboxylic acids is 1. The summed E-state index contributed by atoms with van der Waals surface area (Å²) in [5.74, 6) is -0.0490. The van der Waals surface area contributed by atoms with Crippen molar-refractivity contribution in [3.63, 3.8) is 0 Å². The fraction of sp³-hybridized carbons (Fsp3) is 0.235. The normalized spacial score (nSPS) is 10.4. The van der Waals surface area contributed by atoms with Gasteiger partial charge in [-0.2, -0.15) is 0 Å². The van der Waals surface area contributed by atoms with Crippen LogP contribution < -0.4 is 10.6 Å². The second-order valence-electron chi connectivity index (χ2n) is 4.80. The molecule has 0 bridgehead atoms. The second kappa shape index (κ2) is 7.96. The number of hydrogen-bond donors (Lipinski definition) is 2. The third-order valence-corrected chi connectivity index (χ3v) is 3.89. The van der Waals surface area contributed by atoms with Gasteiger partial charge in [0.25, 0.3) is 0 Å². The lowest BCUT2D eigenvalue weighted by atomic mass is 10.1. The summed E-state index contributed by atoms with van der Waals surface area (Å²) in [5.41, 5.74) is 3.29. The van der Waals surface area contributed by atoms with Crippen molar-refractivity contribution < 1.29 is 4.79 Å². The highest BCUT2D eigenvalue weighted by atomic mass is 79.9. The van der Waals surface area contributed by atoms with Crippen LogP contribution in [0.15, 0.2) is 53.0 Å². The molecule has 4 heteroatoms. The van der Waals surface area contributed by atoms with Crippen molar-refractivity contribution >= 4 is 27.5 Å². The van der Waals surface area contributed by atoms with E-state index >= 15 is 0 Å². The van der Waals surface area contributed by atoms with Gasteiger partial charge in [0.05, 0.1) is 12.2 Å². The molecule has 0 aliphatic rings. The van der Waals surface area contributed by atoms with E-state index in [0.717, 1.165) is 16.6 Å². The number of benzene rings is 2. The zero-order chi connectivity index (χ0) is 15.1. The number of aryl methyl sites for hydroxylation is 1. The van der Waals surface area contributed by atoms with E-state index in [1.807, 2.05) is 24.3 Å². The van der Waals surface area contributed by atoms with Gasteiger partial charge >= 0.3 is 0 Å². The van der Waals surface area contributed by atoms with Crippen molar-refractivity contribution in [2.45, 2.75) is 19.9 Å². The molecule has 0 fully saturated rings. The van der Waals surface area contributed by atoms with Crippen LogP contribution in [0, 0.1) is 0 Å². The molecule has 21 heavy (non-hydrogen) atoms. The molecule has 0 atom stereocenters. The summed E-state index contributed by atoms with van der Waals surface area (Å²) >= 11 is 3.41. The van der Waals surface area contributed by atoms with E-state index in [1.54, 1.807) is 0 Å². The smallest absolute Gasteiger partial charge is 0.238 e. The SMILES string of the molecule is CCc1ccc(CNCC(=O)Nc2ccccc2Br)cc1. The van der Waals surface area contributed by atoms with Crippen LogP contribution in [0.2, 0.25) is 0 Å². The van der Waals surface area contributed by atoms with Crippen molar-refractivity contribution in [3.05, 3.63) is 64.1 Å². The van der Waals surface area contributed by atoms with E-state index in [2.05, 4.69) is 57.8 Å². The minimum atomic E-state index is -0.0490. The van der Waals surface area contributed by atoms with Gasteiger partial charge in [-0.1, -0.05) is 43.3 Å². The van der Waals surface area contributed by atoms with Crippen LogP contribution in [0.3, 0.4) is 0 Å². The molecule has 2 aromatic rings. The van der Waals surface area contributed by atoms with Crippen molar-refractivity contribution in [2.75, 3.05) is 11.9 Å². The topological polar surface area (TPSA) is 41.1 Å². The molecule has 2 N–H and O–H groups in total. The summed E-state index contributed by atoms with van der Waals surface area (Å²) in [5, 5.41) is 6.02. The molecule has 0 spiro atoms. The maximum atomic E-state index is 11.9. The zero-order valence-electron chi connectivity index (χ0n) is 12.0. The Morgan fingerprint density at radius 3 is 2.38 bits per heavy atom. The number of anilines is 1. The van der Waals surface area contributed by atoms with Crippen molar-refractivity contribution in [2.24, 2.45) is 0 Å². The Bertz CT molecular complexity index is 596. The maximum Gasteiger partial charge on any atom is 0.238 e. The summed E-state index contributed by atoms with van der Waals surface area (Å²) in [6, 6.07) is 16.0. The molecule has 0 radical (unpaired) electrons. The highest BCUT2D eigenvalue weighted by Crippen LogP contribution is 2.20. The predicted molar refractivity (Wildman–Crippen MR) is 90.3 cm³/mol. The third kappa shape index (κ3) is 4.99.